The first-order valence-corrected chi connectivity index (χ1v) is 6.94. The van der Waals surface area contributed by atoms with Crippen LogP contribution in [0, 0.1) is 6.92 Å². The molecule has 1 fully saturated rings. The van der Waals surface area contributed by atoms with Gasteiger partial charge in [0.05, 0.1) is 5.54 Å². The summed E-state index contributed by atoms with van der Waals surface area (Å²) >= 11 is 0. The number of nitrogens with zero attached hydrogens (tertiary/aromatic N) is 1. The van der Waals surface area contributed by atoms with E-state index in [0.717, 1.165) is 25.9 Å². The smallest absolute Gasteiger partial charge is 0.240 e. The maximum absolute atomic E-state index is 11.7. The summed E-state index contributed by atoms with van der Waals surface area (Å²) in [5, 5.41) is 2.93. The molecule has 1 amide bonds. The lowest BCUT2D eigenvalue weighted by molar-refractivity contribution is -0.123. The summed E-state index contributed by atoms with van der Waals surface area (Å²) in [5.74, 6) is -0.00667. The zero-order chi connectivity index (χ0) is 13.9. The number of anilines is 1. The van der Waals surface area contributed by atoms with Gasteiger partial charge in [-0.25, -0.2) is 0 Å². The highest BCUT2D eigenvalue weighted by molar-refractivity contribution is 5.89. The van der Waals surface area contributed by atoms with Gasteiger partial charge < -0.3 is 16.0 Å². The van der Waals surface area contributed by atoms with Gasteiger partial charge in [-0.15, -0.1) is 24.8 Å². The Morgan fingerprint density at radius 1 is 1.38 bits per heavy atom. The van der Waals surface area contributed by atoms with E-state index < -0.39 is 5.54 Å². The SMILES string of the molecule is CCN(CCNC(=O)C1(N)CC1)c1cccc(C)c1.Cl.Cl. The fraction of sp³-hybridized carbons (Fsp3) is 0.533. The molecule has 0 bridgehead atoms. The number of nitrogens with one attached hydrogen (secondary N) is 1. The molecule has 0 spiro atoms. The van der Waals surface area contributed by atoms with Gasteiger partial charge in [-0.2, -0.15) is 0 Å². The van der Waals surface area contributed by atoms with Crippen molar-refractivity contribution in [2.24, 2.45) is 5.73 Å². The maximum Gasteiger partial charge on any atom is 0.240 e. The van der Waals surface area contributed by atoms with E-state index in [1.54, 1.807) is 0 Å². The molecule has 1 saturated carbocycles. The van der Waals surface area contributed by atoms with Gasteiger partial charge in [-0.1, -0.05) is 12.1 Å². The largest absolute Gasteiger partial charge is 0.370 e. The molecule has 1 aliphatic rings. The molecule has 1 aromatic carbocycles. The Bertz CT molecular complexity index is 464. The minimum atomic E-state index is -0.569. The Morgan fingerprint density at radius 3 is 2.57 bits per heavy atom. The average Bonchev–Trinajstić information content (AvgIpc) is 3.14. The van der Waals surface area contributed by atoms with E-state index in [1.807, 2.05) is 0 Å². The number of hydrogen-bond donors (Lipinski definition) is 2. The Balaban J connectivity index is 0.00000200. The van der Waals surface area contributed by atoms with Crippen molar-refractivity contribution in [1.82, 2.24) is 5.32 Å². The Labute approximate surface area is 139 Å². The lowest BCUT2D eigenvalue weighted by Crippen LogP contribution is -2.45. The molecule has 0 heterocycles. The van der Waals surface area contributed by atoms with Crippen molar-refractivity contribution in [3.63, 3.8) is 0 Å². The zero-order valence-corrected chi connectivity index (χ0v) is 14.2. The van der Waals surface area contributed by atoms with Crippen LogP contribution in [0.25, 0.3) is 0 Å². The maximum atomic E-state index is 11.7. The van der Waals surface area contributed by atoms with E-state index in [9.17, 15) is 4.79 Å². The van der Waals surface area contributed by atoms with Gasteiger partial charge in [0.15, 0.2) is 0 Å². The summed E-state index contributed by atoms with van der Waals surface area (Å²) in [5.41, 5.74) is 7.72. The number of amides is 1. The monoisotopic (exact) mass is 333 g/mol. The van der Waals surface area contributed by atoms with Crippen LogP contribution in [0.1, 0.15) is 25.3 Å². The molecule has 3 N–H and O–H groups in total. The molecule has 0 aliphatic heterocycles. The zero-order valence-electron chi connectivity index (χ0n) is 12.6. The van der Waals surface area contributed by atoms with Crippen molar-refractivity contribution >= 4 is 36.4 Å². The molecule has 21 heavy (non-hydrogen) atoms. The van der Waals surface area contributed by atoms with Gasteiger partial charge in [-0.05, 0) is 44.4 Å². The van der Waals surface area contributed by atoms with Crippen LogP contribution >= 0.6 is 24.8 Å². The van der Waals surface area contributed by atoms with Crippen molar-refractivity contribution in [3.8, 4) is 0 Å². The molecule has 0 atom stereocenters. The first kappa shape index (κ1) is 20.0. The van der Waals surface area contributed by atoms with Crippen LogP contribution in [0.3, 0.4) is 0 Å². The normalized spacial score (nSPS) is 14.4. The summed E-state index contributed by atoms with van der Waals surface area (Å²) in [7, 11) is 0. The van der Waals surface area contributed by atoms with Crippen LogP contribution in [0.15, 0.2) is 24.3 Å². The molecule has 1 aliphatic carbocycles. The first-order valence-electron chi connectivity index (χ1n) is 6.94. The molecule has 0 saturated heterocycles. The highest BCUT2D eigenvalue weighted by atomic mass is 35.5. The lowest BCUT2D eigenvalue weighted by Gasteiger charge is -2.24. The molecule has 0 radical (unpaired) electrons. The van der Waals surface area contributed by atoms with E-state index in [0.29, 0.717) is 6.54 Å². The number of halogens is 2. The third-order valence-electron chi connectivity index (χ3n) is 3.66. The van der Waals surface area contributed by atoms with E-state index in [-0.39, 0.29) is 30.7 Å². The number of aryl methyl sites for hydroxylation is 1. The predicted molar refractivity (Wildman–Crippen MR) is 92.7 cm³/mol. The molecule has 1 aromatic rings. The molecule has 0 unspecified atom stereocenters. The van der Waals surface area contributed by atoms with E-state index in [1.165, 1.54) is 11.3 Å². The number of benzene rings is 1. The van der Waals surface area contributed by atoms with Crippen LogP contribution in [0.2, 0.25) is 0 Å². The van der Waals surface area contributed by atoms with E-state index >= 15 is 0 Å². The third-order valence-corrected chi connectivity index (χ3v) is 3.66. The standard InChI is InChI=1S/C15H23N3O.2ClH/c1-3-18(13-6-4-5-12(2)11-13)10-9-17-14(19)15(16)7-8-15;;/h4-6,11H,3,7-10,16H2,1-2H3,(H,17,19);2*1H. The minimum Gasteiger partial charge on any atom is -0.370 e. The number of carbonyl (C=O) groups is 1. The second-order valence-corrected chi connectivity index (χ2v) is 5.33. The summed E-state index contributed by atoms with van der Waals surface area (Å²) in [6, 6.07) is 8.41. The van der Waals surface area contributed by atoms with Crippen molar-refractivity contribution < 1.29 is 4.79 Å². The Hall–Kier alpha value is -0.970. The van der Waals surface area contributed by atoms with Gasteiger partial charge in [-0.3, -0.25) is 4.79 Å². The highest BCUT2D eigenvalue weighted by Gasteiger charge is 2.45. The predicted octanol–water partition coefficient (Wildman–Crippen LogP) is 2.27. The first-order chi connectivity index (χ1) is 9.05. The van der Waals surface area contributed by atoms with Crippen molar-refractivity contribution in [3.05, 3.63) is 29.8 Å². The van der Waals surface area contributed by atoms with Crippen LogP contribution in [-0.2, 0) is 4.79 Å². The number of nitrogens with two attached hydrogens (primary N) is 1. The molecule has 4 nitrogen and oxygen atoms in total. The van der Waals surface area contributed by atoms with E-state index in [4.69, 9.17) is 5.73 Å². The fourth-order valence-corrected chi connectivity index (χ4v) is 2.14. The second kappa shape index (κ2) is 8.47. The van der Waals surface area contributed by atoms with Gasteiger partial charge in [0, 0.05) is 25.3 Å². The molecular formula is C15H25Cl2N3O. The van der Waals surface area contributed by atoms with Gasteiger partial charge >= 0.3 is 0 Å². The van der Waals surface area contributed by atoms with Crippen molar-refractivity contribution in [2.75, 3.05) is 24.5 Å². The minimum absolute atomic E-state index is 0. The van der Waals surface area contributed by atoms with Crippen LogP contribution in [0.5, 0.6) is 0 Å². The third kappa shape index (κ3) is 5.38. The van der Waals surface area contributed by atoms with Gasteiger partial charge in [0.1, 0.15) is 0 Å². The van der Waals surface area contributed by atoms with Crippen LogP contribution < -0.4 is 16.0 Å². The highest BCUT2D eigenvalue weighted by Crippen LogP contribution is 2.31. The molecule has 0 aromatic heterocycles. The molecule has 6 heteroatoms. The van der Waals surface area contributed by atoms with Crippen LogP contribution in [0.4, 0.5) is 5.69 Å². The van der Waals surface area contributed by atoms with Gasteiger partial charge in [0.25, 0.3) is 0 Å². The second-order valence-electron chi connectivity index (χ2n) is 5.33. The lowest BCUT2D eigenvalue weighted by atomic mass is 10.2. The Morgan fingerprint density at radius 2 is 2.05 bits per heavy atom. The van der Waals surface area contributed by atoms with Crippen molar-refractivity contribution in [1.29, 1.82) is 0 Å². The number of hydrogen-bond acceptors (Lipinski definition) is 3. The number of likely N-dealkylation sites (N-methyl/N-ethyl adjacent to an activating group) is 1. The Kier molecular flexibility index (Phi) is 8.08. The average molecular weight is 334 g/mol. The quantitative estimate of drug-likeness (QED) is 0.839. The number of carbonyl (C=O) groups excluding carboxylic acids is 1. The summed E-state index contributed by atoms with van der Waals surface area (Å²) in [4.78, 5) is 14.0. The summed E-state index contributed by atoms with van der Waals surface area (Å²) < 4.78 is 0. The van der Waals surface area contributed by atoms with E-state index in [2.05, 4.69) is 48.3 Å². The summed E-state index contributed by atoms with van der Waals surface area (Å²) in [6.07, 6.45) is 1.63. The topological polar surface area (TPSA) is 58.4 Å². The number of rotatable bonds is 6. The molecular weight excluding hydrogens is 309 g/mol. The molecule has 120 valence electrons. The molecule has 2 rings (SSSR count). The van der Waals surface area contributed by atoms with Crippen LogP contribution in [-0.4, -0.2) is 31.1 Å². The van der Waals surface area contributed by atoms with Gasteiger partial charge in [0.2, 0.25) is 5.91 Å². The summed E-state index contributed by atoms with van der Waals surface area (Å²) in [6.45, 7) is 6.58. The fourth-order valence-electron chi connectivity index (χ4n) is 2.14. The van der Waals surface area contributed by atoms with Crippen molar-refractivity contribution in [2.45, 2.75) is 32.2 Å².